The summed E-state index contributed by atoms with van der Waals surface area (Å²) in [6.07, 6.45) is 2.43. The van der Waals surface area contributed by atoms with Crippen LogP contribution in [0.15, 0.2) is 12.4 Å². The van der Waals surface area contributed by atoms with Gasteiger partial charge < -0.3 is 14.6 Å². The van der Waals surface area contributed by atoms with E-state index in [4.69, 9.17) is 14.6 Å². The average molecular weight is 240 g/mol. The summed E-state index contributed by atoms with van der Waals surface area (Å²) in [5.41, 5.74) is -0.314. The number of aromatic carboxylic acids is 1. The fourth-order valence-electron chi connectivity index (χ4n) is 0.995. The zero-order valence-corrected chi connectivity index (χ0v) is 10.1. The van der Waals surface area contributed by atoms with E-state index in [0.717, 1.165) is 6.20 Å². The van der Waals surface area contributed by atoms with Gasteiger partial charge in [0, 0.05) is 0 Å². The fourth-order valence-corrected chi connectivity index (χ4v) is 0.995. The van der Waals surface area contributed by atoms with E-state index < -0.39 is 5.97 Å². The Morgan fingerprint density at radius 2 is 2.00 bits per heavy atom. The van der Waals surface area contributed by atoms with Crippen molar-refractivity contribution in [2.24, 2.45) is 0 Å². The molecule has 0 amide bonds. The topological polar surface area (TPSA) is 81.5 Å². The van der Waals surface area contributed by atoms with Crippen LogP contribution in [0.1, 0.15) is 31.3 Å². The van der Waals surface area contributed by atoms with Crippen molar-refractivity contribution in [1.29, 1.82) is 0 Å². The molecule has 0 spiro atoms. The third kappa shape index (κ3) is 5.26. The number of aromatic nitrogens is 2. The molecule has 6 nitrogen and oxygen atoms in total. The normalized spacial score (nSPS) is 11.2. The molecule has 0 aliphatic rings. The Hall–Kier alpha value is -1.69. The number of hydrogen-bond donors (Lipinski definition) is 1. The van der Waals surface area contributed by atoms with Crippen LogP contribution >= 0.6 is 0 Å². The molecule has 1 aromatic rings. The van der Waals surface area contributed by atoms with Gasteiger partial charge in [0.25, 0.3) is 0 Å². The molecule has 0 fully saturated rings. The number of carboxylic acid groups (broad SMARTS) is 1. The van der Waals surface area contributed by atoms with Crippen LogP contribution in [0.25, 0.3) is 0 Å². The van der Waals surface area contributed by atoms with Gasteiger partial charge in [0.15, 0.2) is 5.69 Å². The maximum Gasteiger partial charge on any atom is 0.356 e. The van der Waals surface area contributed by atoms with E-state index in [-0.39, 0.29) is 17.2 Å². The maximum absolute atomic E-state index is 10.5. The predicted molar refractivity (Wildman–Crippen MR) is 60.2 cm³/mol. The minimum atomic E-state index is -1.11. The van der Waals surface area contributed by atoms with Crippen LogP contribution in [-0.2, 0) is 4.74 Å². The molecule has 1 rings (SSSR count). The van der Waals surface area contributed by atoms with Gasteiger partial charge in [0.1, 0.15) is 6.61 Å². The van der Waals surface area contributed by atoms with Crippen molar-refractivity contribution in [1.82, 2.24) is 9.97 Å². The van der Waals surface area contributed by atoms with Crippen LogP contribution in [0.4, 0.5) is 0 Å². The van der Waals surface area contributed by atoms with Gasteiger partial charge in [-0.25, -0.2) is 14.8 Å². The Bertz CT molecular complexity index is 370. The fraction of sp³-hybridized carbons (Fsp3) is 0.545. The largest absolute Gasteiger partial charge is 0.476 e. The highest BCUT2D eigenvalue weighted by Crippen LogP contribution is 2.07. The highest BCUT2D eigenvalue weighted by Gasteiger charge is 2.09. The number of carboxylic acids is 1. The van der Waals surface area contributed by atoms with Crippen LogP contribution in [0.5, 0.6) is 5.88 Å². The minimum Gasteiger partial charge on any atom is -0.476 e. The van der Waals surface area contributed by atoms with E-state index in [0.29, 0.717) is 13.2 Å². The summed E-state index contributed by atoms with van der Waals surface area (Å²) in [4.78, 5) is 18.0. The molecule has 0 unspecified atom stereocenters. The van der Waals surface area contributed by atoms with Gasteiger partial charge in [-0.15, -0.1) is 0 Å². The van der Waals surface area contributed by atoms with Gasteiger partial charge in [0.05, 0.1) is 24.6 Å². The molecule has 6 heteroatoms. The SMILES string of the molecule is CC(C)(C)OCCOc1cnc(C(=O)O)cn1. The van der Waals surface area contributed by atoms with Crippen molar-refractivity contribution in [2.75, 3.05) is 13.2 Å². The third-order valence-electron chi connectivity index (χ3n) is 1.72. The minimum absolute atomic E-state index is 0.108. The lowest BCUT2D eigenvalue weighted by molar-refractivity contribution is -0.0168. The Morgan fingerprint density at radius 3 is 2.47 bits per heavy atom. The van der Waals surface area contributed by atoms with Crippen LogP contribution in [0.3, 0.4) is 0 Å². The van der Waals surface area contributed by atoms with Crippen molar-refractivity contribution >= 4 is 5.97 Å². The molecule has 0 aliphatic carbocycles. The first-order valence-corrected chi connectivity index (χ1v) is 5.20. The van der Waals surface area contributed by atoms with Gasteiger partial charge in [-0.1, -0.05) is 0 Å². The smallest absolute Gasteiger partial charge is 0.356 e. The molecule has 0 saturated heterocycles. The predicted octanol–water partition coefficient (Wildman–Crippen LogP) is 1.37. The monoisotopic (exact) mass is 240 g/mol. The molecule has 1 heterocycles. The van der Waals surface area contributed by atoms with E-state index in [9.17, 15) is 4.79 Å². The zero-order valence-electron chi connectivity index (χ0n) is 10.1. The highest BCUT2D eigenvalue weighted by atomic mass is 16.5. The second kappa shape index (κ2) is 5.58. The van der Waals surface area contributed by atoms with E-state index in [1.54, 1.807) is 0 Å². The lowest BCUT2D eigenvalue weighted by Gasteiger charge is -2.19. The summed E-state index contributed by atoms with van der Waals surface area (Å²) in [6.45, 7) is 6.64. The zero-order chi connectivity index (χ0) is 12.9. The van der Waals surface area contributed by atoms with Crippen LogP contribution in [0, 0.1) is 0 Å². The van der Waals surface area contributed by atoms with Crippen molar-refractivity contribution in [3.63, 3.8) is 0 Å². The summed E-state index contributed by atoms with van der Waals surface area (Å²) < 4.78 is 10.7. The lowest BCUT2D eigenvalue weighted by Crippen LogP contribution is -2.22. The molecule has 0 bridgehead atoms. The summed E-state index contributed by atoms with van der Waals surface area (Å²) in [7, 11) is 0. The molecule has 17 heavy (non-hydrogen) atoms. The molecule has 94 valence electrons. The van der Waals surface area contributed by atoms with E-state index >= 15 is 0 Å². The van der Waals surface area contributed by atoms with Crippen LogP contribution in [-0.4, -0.2) is 39.9 Å². The Balaban J connectivity index is 2.35. The molecule has 0 aliphatic heterocycles. The number of rotatable bonds is 5. The second-order valence-corrected chi connectivity index (χ2v) is 4.35. The first-order valence-electron chi connectivity index (χ1n) is 5.20. The highest BCUT2D eigenvalue weighted by molar-refractivity contribution is 5.84. The number of hydrogen-bond acceptors (Lipinski definition) is 5. The van der Waals surface area contributed by atoms with Crippen LogP contribution < -0.4 is 4.74 Å². The van der Waals surface area contributed by atoms with Gasteiger partial charge in [-0.05, 0) is 20.8 Å². The second-order valence-electron chi connectivity index (χ2n) is 4.35. The van der Waals surface area contributed by atoms with Crippen molar-refractivity contribution in [3.8, 4) is 5.88 Å². The molecule has 1 N–H and O–H groups in total. The average Bonchev–Trinajstić information content (AvgIpc) is 2.24. The van der Waals surface area contributed by atoms with E-state index in [1.807, 2.05) is 20.8 Å². The quantitative estimate of drug-likeness (QED) is 0.783. The maximum atomic E-state index is 10.5. The molecule has 0 aromatic carbocycles. The van der Waals surface area contributed by atoms with Crippen molar-refractivity contribution in [3.05, 3.63) is 18.1 Å². The lowest BCUT2D eigenvalue weighted by atomic mass is 10.2. The number of ether oxygens (including phenoxy) is 2. The first kappa shape index (κ1) is 13.4. The van der Waals surface area contributed by atoms with Crippen LogP contribution in [0.2, 0.25) is 0 Å². The molecular weight excluding hydrogens is 224 g/mol. The molecule has 0 saturated carbocycles. The Kier molecular flexibility index (Phi) is 4.39. The van der Waals surface area contributed by atoms with E-state index in [2.05, 4.69) is 9.97 Å². The first-order chi connectivity index (χ1) is 7.88. The van der Waals surface area contributed by atoms with Gasteiger partial charge in [-0.3, -0.25) is 0 Å². The molecular formula is C11H16N2O4. The summed E-state index contributed by atoms with van der Waals surface area (Å²) in [6, 6.07) is 0. The molecule has 1 aromatic heterocycles. The molecule has 0 atom stereocenters. The summed E-state index contributed by atoms with van der Waals surface area (Å²) in [5, 5.41) is 8.62. The Labute approximate surface area is 99.6 Å². The van der Waals surface area contributed by atoms with Gasteiger partial charge in [0.2, 0.25) is 5.88 Å². The van der Waals surface area contributed by atoms with Gasteiger partial charge in [-0.2, -0.15) is 0 Å². The van der Waals surface area contributed by atoms with Crippen molar-refractivity contribution in [2.45, 2.75) is 26.4 Å². The van der Waals surface area contributed by atoms with E-state index in [1.165, 1.54) is 6.20 Å². The number of carbonyl (C=O) groups is 1. The van der Waals surface area contributed by atoms with Crippen molar-refractivity contribution < 1.29 is 19.4 Å². The third-order valence-corrected chi connectivity index (χ3v) is 1.72. The summed E-state index contributed by atoms with van der Waals surface area (Å²) >= 11 is 0. The summed E-state index contributed by atoms with van der Waals surface area (Å²) in [5.74, 6) is -0.826. The standard InChI is InChI=1S/C11H16N2O4/c1-11(2,3)17-5-4-16-9-7-12-8(6-13-9)10(14)15/h6-7H,4-5H2,1-3H3,(H,14,15). The Morgan fingerprint density at radius 1 is 1.29 bits per heavy atom. The molecule has 0 radical (unpaired) electrons. The number of nitrogens with zero attached hydrogens (tertiary/aromatic N) is 2. The van der Waals surface area contributed by atoms with Gasteiger partial charge >= 0.3 is 5.97 Å².